The van der Waals surface area contributed by atoms with E-state index >= 15 is 0 Å². The van der Waals surface area contributed by atoms with Crippen molar-refractivity contribution in [1.29, 1.82) is 0 Å². The molecule has 0 saturated heterocycles. The van der Waals surface area contributed by atoms with Crippen LogP contribution >= 0.6 is 0 Å². The van der Waals surface area contributed by atoms with Crippen LogP contribution < -0.4 is 5.32 Å². The van der Waals surface area contributed by atoms with Gasteiger partial charge in [-0.3, -0.25) is 4.79 Å². The zero-order valence-corrected chi connectivity index (χ0v) is 13.9. The van der Waals surface area contributed by atoms with Crippen molar-refractivity contribution >= 4 is 11.6 Å². The molecule has 0 atom stereocenters. The van der Waals surface area contributed by atoms with E-state index in [1.54, 1.807) is 4.90 Å². The van der Waals surface area contributed by atoms with Gasteiger partial charge in [0.1, 0.15) is 0 Å². The van der Waals surface area contributed by atoms with Crippen molar-refractivity contribution in [3.8, 4) is 0 Å². The molecule has 3 rings (SSSR count). The van der Waals surface area contributed by atoms with Gasteiger partial charge in [-0.25, -0.2) is 8.78 Å². The van der Waals surface area contributed by atoms with Gasteiger partial charge in [-0.05, 0) is 54.5 Å². The number of rotatable bonds is 4. The molecule has 130 valence electrons. The predicted octanol–water partition coefficient (Wildman–Crippen LogP) is 3.99. The van der Waals surface area contributed by atoms with Crippen LogP contribution in [0.2, 0.25) is 0 Å². The van der Waals surface area contributed by atoms with Crippen LogP contribution in [0.1, 0.15) is 36.8 Å². The Hall–Kier alpha value is -1.91. The van der Waals surface area contributed by atoms with Gasteiger partial charge >= 0.3 is 0 Å². The van der Waals surface area contributed by atoms with E-state index in [0.29, 0.717) is 25.3 Å². The van der Waals surface area contributed by atoms with Crippen molar-refractivity contribution in [2.45, 2.75) is 44.6 Å². The van der Waals surface area contributed by atoms with Crippen LogP contribution in [0.5, 0.6) is 0 Å². The average molecular weight is 334 g/mol. The summed E-state index contributed by atoms with van der Waals surface area (Å²) in [4.78, 5) is 13.6. The molecule has 1 aliphatic carbocycles. The second-order valence-electron chi connectivity index (χ2n) is 6.88. The van der Waals surface area contributed by atoms with Gasteiger partial charge in [0, 0.05) is 38.2 Å². The summed E-state index contributed by atoms with van der Waals surface area (Å²) in [5.74, 6) is -2.20. The number of nitrogens with one attached hydrogen (secondary N) is 1. The summed E-state index contributed by atoms with van der Waals surface area (Å²) in [6.45, 7) is 5.60. The van der Waals surface area contributed by atoms with Crippen molar-refractivity contribution < 1.29 is 13.6 Å². The Kier molecular flexibility index (Phi) is 4.88. The lowest BCUT2D eigenvalue weighted by atomic mass is 9.87. The first-order valence-corrected chi connectivity index (χ1v) is 8.62. The Morgan fingerprint density at radius 3 is 2.79 bits per heavy atom. The van der Waals surface area contributed by atoms with Crippen LogP contribution in [0.3, 0.4) is 0 Å². The first kappa shape index (κ1) is 16.9. The van der Waals surface area contributed by atoms with E-state index in [1.165, 1.54) is 11.6 Å². The number of nitrogens with zero attached hydrogens (tertiary/aromatic N) is 1. The predicted molar refractivity (Wildman–Crippen MR) is 91.2 cm³/mol. The Bertz CT molecular complexity index is 620. The largest absolute Gasteiger partial charge is 0.385 e. The van der Waals surface area contributed by atoms with Crippen LogP contribution in [0.25, 0.3) is 0 Å². The fourth-order valence-electron chi connectivity index (χ4n) is 3.55. The SMILES string of the molecule is C=CC(=O)N1CCc2ccc(NCC3CCC(F)(F)CC3)cc2C1. The van der Waals surface area contributed by atoms with Crippen LogP contribution in [0.15, 0.2) is 30.9 Å². The normalized spacial score (nSPS) is 20.3. The number of hydrogen-bond acceptors (Lipinski definition) is 2. The number of carbonyl (C=O) groups excluding carboxylic acids is 1. The minimum Gasteiger partial charge on any atom is -0.385 e. The van der Waals surface area contributed by atoms with Gasteiger partial charge in [-0.1, -0.05) is 12.6 Å². The maximum Gasteiger partial charge on any atom is 0.248 e. The minimum atomic E-state index is -2.47. The summed E-state index contributed by atoms with van der Waals surface area (Å²) in [5.41, 5.74) is 3.42. The second kappa shape index (κ2) is 6.91. The Morgan fingerprint density at radius 2 is 2.08 bits per heavy atom. The molecule has 0 unspecified atom stereocenters. The highest BCUT2D eigenvalue weighted by molar-refractivity contribution is 5.87. The van der Waals surface area contributed by atoms with Crippen molar-refractivity contribution in [1.82, 2.24) is 4.90 Å². The smallest absolute Gasteiger partial charge is 0.248 e. The van der Waals surface area contributed by atoms with E-state index in [0.717, 1.165) is 30.8 Å². The van der Waals surface area contributed by atoms with Crippen LogP contribution in [0, 0.1) is 5.92 Å². The van der Waals surface area contributed by atoms with E-state index in [1.807, 2.05) is 6.07 Å². The summed E-state index contributed by atoms with van der Waals surface area (Å²) in [7, 11) is 0. The van der Waals surface area contributed by atoms with Crippen LogP contribution in [-0.2, 0) is 17.8 Å². The second-order valence-corrected chi connectivity index (χ2v) is 6.88. The molecule has 0 radical (unpaired) electrons. The molecule has 3 nitrogen and oxygen atoms in total. The molecular weight excluding hydrogens is 310 g/mol. The van der Waals surface area contributed by atoms with E-state index < -0.39 is 5.92 Å². The zero-order chi connectivity index (χ0) is 17.2. The monoisotopic (exact) mass is 334 g/mol. The summed E-state index contributed by atoms with van der Waals surface area (Å²) in [6, 6.07) is 6.22. The summed E-state index contributed by atoms with van der Waals surface area (Å²) in [6.07, 6.45) is 3.36. The van der Waals surface area contributed by atoms with Gasteiger partial charge in [0.2, 0.25) is 11.8 Å². The quantitative estimate of drug-likeness (QED) is 0.844. The van der Waals surface area contributed by atoms with Gasteiger partial charge in [0.05, 0.1) is 0 Å². The molecule has 24 heavy (non-hydrogen) atoms. The summed E-state index contributed by atoms with van der Waals surface area (Å²) in [5, 5.41) is 3.38. The first-order valence-electron chi connectivity index (χ1n) is 8.62. The highest BCUT2D eigenvalue weighted by Crippen LogP contribution is 2.36. The molecule has 0 aromatic heterocycles. The van der Waals surface area contributed by atoms with E-state index in [2.05, 4.69) is 24.0 Å². The number of benzene rings is 1. The Labute approximate surface area is 141 Å². The number of halogens is 2. The van der Waals surface area contributed by atoms with E-state index in [4.69, 9.17) is 0 Å². The van der Waals surface area contributed by atoms with Gasteiger partial charge in [-0.2, -0.15) is 0 Å². The molecule has 2 aliphatic rings. The molecule has 1 heterocycles. The van der Waals surface area contributed by atoms with Crippen molar-refractivity contribution in [3.05, 3.63) is 42.0 Å². The molecule has 0 spiro atoms. The van der Waals surface area contributed by atoms with Crippen LogP contribution in [0.4, 0.5) is 14.5 Å². The third-order valence-electron chi connectivity index (χ3n) is 5.14. The molecule has 1 aromatic rings. The van der Waals surface area contributed by atoms with E-state index in [-0.39, 0.29) is 18.7 Å². The molecule has 0 bridgehead atoms. The Morgan fingerprint density at radius 1 is 1.33 bits per heavy atom. The fraction of sp³-hybridized carbons (Fsp3) is 0.526. The fourth-order valence-corrected chi connectivity index (χ4v) is 3.55. The lowest BCUT2D eigenvalue weighted by Gasteiger charge is -2.30. The van der Waals surface area contributed by atoms with E-state index in [9.17, 15) is 13.6 Å². The van der Waals surface area contributed by atoms with Gasteiger partial charge in [-0.15, -0.1) is 0 Å². The van der Waals surface area contributed by atoms with Gasteiger partial charge < -0.3 is 10.2 Å². The average Bonchev–Trinajstić information content (AvgIpc) is 2.59. The third-order valence-corrected chi connectivity index (χ3v) is 5.14. The lowest BCUT2D eigenvalue weighted by molar-refractivity contribution is -0.126. The molecule has 5 heteroatoms. The van der Waals surface area contributed by atoms with Gasteiger partial charge in [0.15, 0.2) is 0 Å². The number of carbonyl (C=O) groups is 1. The molecule has 1 aliphatic heterocycles. The maximum absolute atomic E-state index is 13.2. The minimum absolute atomic E-state index is 0.00214. The third kappa shape index (κ3) is 3.94. The van der Waals surface area contributed by atoms with Crippen molar-refractivity contribution in [3.63, 3.8) is 0 Å². The maximum atomic E-state index is 13.2. The highest BCUT2D eigenvalue weighted by atomic mass is 19.3. The van der Waals surface area contributed by atoms with Crippen LogP contribution in [-0.4, -0.2) is 29.8 Å². The number of alkyl halides is 2. The van der Waals surface area contributed by atoms with Gasteiger partial charge in [0.25, 0.3) is 0 Å². The molecule has 1 saturated carbocycles. The number of fused-ring (bicyclic) bond motifs is 1. The van der Waals surface area contributed by atoms with Crippen molar-refractivity contribution in [2.75, 3.05) is 18.4 Å². The molecule has 1 amide bonds. The number of amides is 1. The van der Waals surface area contributed by atoms with Crippen molar-refractivity contribution in [2.24, 2.45) is 5.92 Å². The standard InChI is InChI=1S/C19H24F2N2O/c1-2-18(24)23-10-7-15-3-4-17(11-16(15)13-23)22-12-14-5-8-19(20,21)9-6-14/h2-4,11,14,22H,1,5-10,12-13H2. The highest BCUT2D eigenvalue weighted by Gasteiger charge is 2.34. The topological polar surface area (TPSA) is 32.3 Å². The lowest BCUT2D eigenvalue weighted by Crippen LogP contribution is -2.34. The molecule has 1 fully saturated rings. The summed E-state index contributed by atoms with van der Waals surface area (Å²) < 4.78 is 26.4. The zero-order valence-electron chi connectivity index (χ0n) is 13.9. The summed E-state index contributed by atoms with van der Waals surface area (Å²) >= 11 is 0. The molecular formula is C19H24F2N2O. The molecule has 1 aromatic carbocycles. The Balaban J connectivity index is 1.58. The first-order chi connectivity index (χ1) is 11.5. The number of hydrogen-bond donors (Lipinski definition) is 1. The molecule has 1 N–H and O–H groups in total. The number of anilines is 1.